The average molecular weight is 237 g/mol. The van der Waals surface area contributed by atoms with Crippen LogP contribution in [0.25, 0.3) is 0 Å². The third kappa shape index (κ3) is 12.9. The Morgan fingerprint density at radius 1 is 0.882 bits per heavy atom. The predicted octanol–water partition coefficient (Wildman–Crippen LogP) is 3.99. The van der Waals surface area contributed by atoms with E-state index in [1.807, 2.05) is 12.2 Å². The Morgan fingerprint density at radius 2 is 1.47 bits per heavy atom. The van der Waals surface area contributed by atoms with Crippen molar-refractivity contribution in [1.82, 2.24) is 5.32 Å². The third-order valence-electron chi connectivity index (χ3n) is 2.73. The second-order valence-corrected chi connectivity index (χ2v) is 4.38. The van der Waals surface area contributed by atoms with Crippen LogP contribution in [0.5, 0.6) is 0 Å². The van der Waals surface area contributed by atoms with Crippen LogP contribution in [0.15, 0.2) is 25.3 Å². The van der Waals surface area contributed by atoms with E-state index in [1.54, 1.807) is 0 Å². The van der Waals surface area contributed by atoms with E-state index in [0.29, 0.717) is 6.42 Å². The lowest BCUT2D eigenvalue weighted by molar-refractivity contribution is -0.121. The van der Waals surface area contributed by atoms with Crippen LogP contribution in [0, 0.1) is 0 Å². The first-order valence-corrected chi connectivity index (χ1v) is 6.79. The number of allylic oxidation sites excluding steroid dienone is 1. The summed E-state index contributed by atoms with van der Waals surface area (Å²) in [7, 11) is 0. The fraction of sp³-hybridized carbons (Fsp3) is 0.667. The van der Waals surface area contributed by atoms with Gasteiger partial charge in [0.2, 0.25) is 5.91 Å². The number of unbranched alkanes of at least 4 members (excludes halogenated alkanes) is 6. The molecule has 17 heavy (non-hydrogen) atoms. The predicted molar refractivity (Wildman–Crippen MR) is 75.0 cm³/mol. The zero-order chi connectivity index (χ0) is 12.8. The van der Waals surface area contributed by atoms with Gasteiger partial charge in [0.25, 0.3) is 0 Å². The topological polar surface area (TPSA) is 29.1 Å². The maximum Gasteiger partial charge on any atom is 0.220 e. The zero-order valence-corrected chi connectivity index (χ0v) is 11.0. The van der Waals surface area contributed by atoms with Gasteiger partial charge in [-0.2, -0.15) is 0 Å². The quantitative estimate of drug-likeness (QED) is 0.403. The number of amides is 1. The maximum atomic E-state index is 11.3. The van der Waals surface area contributed by atoms with Crippen LogP contribution in [0.2, 0.25) is 0 Å². The lowest BCUT2D eigenvalue weighted by atomic mass is 10.1. The molecule has 0 unspecified atom stereocenters. The fourth-order valence-corrected chi connectivity index (χ4v) is 1.68. The number of nitrogens with one attached hydrogen (secondary N) is 1. The highest BCUT2D eigenvalue weighted by Gasteiger charge is 1.99. The fourth-order valence-electron chi connectivity index (χ4n) is 1.68. The van der Waals surface area contributed by atoms with Crippen molar-refractivity contribution in [3.05, 3.63) is 25.3 Å². The standard InChI is InChI=1S/C15H27NO/c1-3-5-7-8-9-10-11-12-13-15(17)16-14-6-4-2/h3-4H,1-2,5-14H2,(H,16,17). The monoisotopic (exact) mass is 237 g/mol. The number of carbonyl (C=O) groups excluding carboxylic acids is 1. The van der Waals surface area contributed by atoms with E-state index in [0.717, 1.165) is 25.8 Å². The molecule has 0 atom stereocenters. The van der Waals surface area contributed by atoms with Gasteiger partial charge in [-0.25, -0.2) is 0 Å². The van der Waals surface area contributed by atoms with Crippen LogP contribution in [-0.2, 0) is 4.79 Å². The molecular formula is C15H27NO. The molecule has 1 amide bonds. The molecule has 0 aromatic carbocycles. The highest BCUT2D eigenvalue weighted by Crippen LogP contribution is 2.08. The minimum absolute atomic E-state index is 0.179. The number of hydrogen-bond acceptors (Lipinski definition) is 1. The van der Waals surface area contributed by atoms with Crippen molar-refractivity contribution in [1.29, 1.82) is 0 Å². The highest BCUT2D eigenvalue weighted by atomic mass is 16.1. The van der Waals surface area contributed by atoms with Gasteiger partial charge >= 0.3 is 0 Å². The third-order valence-corrected chi connectivity index (χ3v) is 2.73. The molecular weight excluding hydrogens is 210 g/mol. The minimum atomic E-state index is 0.179. The first kappa shape index (κ1) is 16.0. The molecule has 0 aliphatic heterocycles. The van der Waals surface area contributed by atoms with E-state index in [4.69, 9.17) is 0 Å². The molecule has 0 aromatic rings. The van der Waals surface area contributed by atoms with Crippen LogP contribution >= 0.6 is 0 Å². The summed E-state index contributed by atoms with van der Waals surface area (Å²) in [6, 6.07) is 0. The van der Waals surface area contributed by atoms with Crippen molar-refractivity contribution in [3.8, 4) is 0 Å². The molecule has 1 N–H and O–H groups in total. The number of carbonyl (C=O) groups is 1. The van der Waals surface area contributed by atoms with E-state index in [2.05, 4.69) is 18.5 Å². The Labute approximate surface area is 106 Å². The summed E-state index contributed by atoms with van der Waals surface area (Å²) in [6.07, 6.45) is 13.7. The molecule has 2 heteroatoms. The van der Waals surface area contributed by atoms with Crippen molar-refractivity contribution < 1.29 is 4.79 Å². The molecule has 0 bridgehead atoms. The zero-order valence-electron chi connectivity index (χ0n) is 11.0. The summed E-state index contributed by atoms with van der Waals surface area (Å²) < 4.78 is 0. The van der Waals surface area contributed by atoms with Gasteiger partial charge in [0, 0.05) is 13.0 Å². The van der Waals surface area contributed by atoms with Gasteiger partial charge in [-0.1, -0.05) is 37.8 Å². The smallest absolute Gasteiger partial charge is 0.220 e. The Kier molecular flexibility index (Phi) is 12.2. The molecule has 0 aliphatic carbocycles. The van der Waals surface area contributed by atoms with Crippen molar-refractivity contribution in [2.75, 3.05) is 6.54 Å². The van der Waals surface area contributed by atoms with Crippen LogP contribution in [-0.4, -0.2) is 12.5 Å². The second-order valence-electron chi connectivity index (χ2n) is 4.38. The van der Waals surface area contributed by atoms with E-state index in [1.165, 1.54) is 32.1 Å². The van der Waals surface area contributed by atoms with Gasteiger partial charge in [-0.05, 0) is 25.7 Å². The molecule has 0 heterocycles. The van der Waals surface area contributed by atoms with Gasteiger partial charge in [0.05, 0.1) is 0 Å². The number of rotatable bonds is 12. The first-order valence-electron chi connectivity index (χ1n) is 6.79. The van der Waals surface area contributed by atoms with Gasteiger partial charge < -0.3 is 5.32 Å². The Bertz CT molecular complexity index is 211. The first-order chi connectivity index (χ1) is 8.31. The summed E-state index contributed by atoms with van der Waals surface area (Å²) >= 11 is 0. The van der Waals surface area contributed by atoms with E-state index in [-0.39, 0.29) is 5.91 Å². The van der Waals surface area contributed by atoms with Crippen LogP contribution < -0.4 is 5.32 Å². The summed E-state index contributed by atoms with van der Waals surface area (Å²) in [6.45, 7) is 8.05. The van der Waals surface area contributed by atoms with Gasteiger partial charge in [0.15, 0.2) is 0 Å². The highest BCUT2D eigenvalue weighted by molar-refractivity contribution is 5.75. The summed E-state index contributed by atoms with van der Waals surface area (Å²) in [5.41, 5.74) is 0. The summed E-state index contributed by atoms with van der Waals surface area (Å²) in [5.74, 6) is 0.179. The minimum Gasteiger partial charge on any atom is -0.356 e. The van der Waals surface area contributed by atoms with Crippen molar-refractivity contribution in [3.63, 3.8) is 0 Å². The Balaban J connectivity index is 3.13. The largest absolute Gasteiger partial charge is 0.356 e. The lowest BCUT2D eigenvalue weighted by Crippen LogP contribution is -2.23. The molecule has 0 fully saturated rings. The Morgan fingerprint density at radius 3 is 2.12 bits per heavy atom. The molecule has 0 saturated heterocycles. The molecule has 0 rings (SSSR count). The molecule has 0 radical (unpaired) electrons. The van der Waals surface area contributed by atoms with Gasteiger partial charge in [0.1, 0.15) is 0 Å². The second kappa shape index (κ2) is 13.0. The summed E-state index contributed by atoms with van der Waals surface area (Å²) in [4.78, 5) is 11.3. The van der Waals surface area contributed by atoms with Crippen molar-refractivity contribution in [2.24, 2.45) is 0 Å². The SMILES string of the molecule is C=CCCCCCCCCC(=O)NCCC=C. The molecule has 0 saturated carbocycles. The van der Waals surface area contributed by atoms with E-state index < -0.39 is 0 Å². The molecule has 98 valence electrons. The maximum absolute atomic E-state index is 11.3. The van der Waals surface area contributed by atoms with Crippen LogP contribution in [0.1, 0.15) is 57.8 Å². The van der Waals surface area contributed by atoms with Crippen LogP contribution in [0.4, 0.5) is 0 Å². The van der Waals surface area contributed by atoms with Crippen molar-refractivity contribution in [2.45, 2.75) is 57.8 Å². The van der Waals surface area contributed by atoms with Crippen molar-refractivity contribution >= 4 is 5.91 Å². The molecule has 0 spiro atoms. The van der Waals surface area contributed by atoms with Gasteiger partial charge in [-0.15, -0.1) is 13.2 Å². The molecule has 0 aromatic heterocycles. The molecule has 0 aliphatic rings. The lowest BCUT2D eigenvalue weighted by Gasteiger charge is -2.03. The number of hydrogen-bond donors (Lipinski definition) is 1. The summed E-state index contributed by atoms with van der Waals surface area (Å²) in [5, 5.41) is 2.88. The van der Waals surface area contributed by atoms with E-state index >= 15 is 0 Å². The van der Waals surface area contributed by atoms with Crippen LogP contribution in [0.3, 0.4) is 0 Å². The normalized spacial score (nSPS) is 9.88. The van der Waals surface area contributed by atoms with Gasteiger partial charge in [-0.3, -0.25) is 4.79 Å². The van der Waals surface area contributed by atoms with E-state index in [9.17, 15) is 4.79 Å². The average Bonchev–Trinajstić information content (AvgIpc) is 2.33. The molecule has 2 nitrogen and oxygen atoms in total. The Hall–Kier alpha value is -1.05.